The molecular formula is C16H25Cl2N3O2. The van der Waals surface area contributed by atoms with Gasteiger partial charge in [0.2, 0.25) is 0 Å². The minimum Gasteiger partial charge on any atom is -0.314 e. The maximum Gasteiger partial charge on any atom is 0.274 e. The number of nitro benzene ring substituents is 1. The van der Waals surface area contributed by atoms with Gasteiger partial charge in [-0.05, 0) is 18.8 Å². The van der Waals surface area contributed by atoms with E-state index in [1.165, 1.54) is 25.7 Å². The van der Waals surface area contributed by atoms with Crippen molar-refractivity contribution in [2.24, 2.45) is 5.92 Å². The molecule has 3 rings (SSSR count). The highest BCUT2D eigenvalue weighted by Crippen LogP contribution is 2.42. The van der Waals surface area contributed by atoms with Crippen LogP contribution in [0, 0.1) is 16.0 Å². The molecule has 1 aromatic carbocycles. The third-order valence-electron chi connectivity index (χ3n) is 4.84. The summed E-state index contributed by atoms with van der Waals surface area (Å²) >= 11 is 0. The van der Waals surface area contributed by atoms with Crippen molar-refractivity contribution in [3.05, 3.63) is 39.9 Å². The molecule has 0 amide bonds. The minimum absolute atomic E-state index is 0. The fourth-order valence-electron chi connectivity index (χ4n) is 3.89. The predicted molar refractivity (Wildman–Crippen MR) is 96.7 cm³/mol. The lowest BCUT2D eigenvalue weighted by Crippen LogP contribution is -2.46. The molecule has 1 saturated heterocycles. The van der Waals surface area contributed by atoms with Crippen LogP contribution in [0.5, 0.6) is 0 Å². The summed E-state index contributed by atoms with van der Waals surface area (Å²) in [6.45, 7) is 3.91. The molecule has 0 bridgehead atoms. The highest BCUT2D eigenvalue weighted by Gasteiger charge is 2.35. The van der Waals surface area contributed by atoms with Crippen molar-refractivity contribution in [1.29, 1.82) is 0 Å². The van der Waals surface area contributed by atoms with E-state index in [9.17, 15) is 10.1 Å². The molecule has 1 saturated carbocycles. The maximum absolute atomic E-state index is 11.4. The zero-order valence-electron chi connectivity index (χ0n) is 13.1. The number of nitrogens with zero attached hydrogens (tertiary/aromatic N) is 2. The van der Waals surface area contributed by atoms with Crippen molar-refractivity contribution in [3.8, 4) is 0 Å². The number of hydrogen-bond donors (Lipinski definition) is 1. The lowest BCUT2D eigenvalue weighted by molar-refractivity contribution is -0.386. The van der Waals surface area contributed by atoms with Crippen LogP contribution in [-0.4, -0.2) is 36.0 Å². The molecule has 0 aromatic heterocycles. The van der Waals surface area contributed by atoms with Gasteiger partial charge in [-0.15, -0.1) is 24.8 Å². The molecule has 23 heavy (non-hydrogen) atoms. The second kappa shape index (κ2) is 9.42. The molecule has 0 spiro atoms. The Bertz CT molecular complexity index is 504. The summed E-state index contributed by atoms with van der Waals surface area (Å²) in [4.78, 5) is 13.6. The van der Waals surface area contributed by atoms with Crippen LogP contribution in [-0.2, 0) is 0 Å². The van der Waals surface area contributed by atoms with Gasteiger partial charge in [0.1, 0.15) is 0 Å². The van der Waals surface area contributed by atoms with Crippen molar-refractivity contribution < 1.29 is 4.92 Å². The van der Waals surface area contributed by atoms with Gasteiger partial charge >= 0.3 is 0 Å². The van der Waals surface area contributed by atoms with E-state index in [2.05, 4.69) is 10.2 Å². The Labute approximate surface area is 149 Å². The van der Waals surface area contributed by atoms with E-state index in [1.807, 2.05) is 12.1 Å². The predicted octanol–water partition coefficient (Wildman–Crippen LogP) is 3.57. The molecule has 5 nitrogen and oxygen atoms in total. The van der Waals surface area contributed by atoms with E-state index in [0.717, 1.165) is 31.7 Å². The third-order valence-corrected chi connectivity index (χ3v) is 4.84. The summed E-state index contributed by atoms with van der Waals surface area (Å²) in [6.07, 6.45) is 4.91. The molecule has 130 valence electrons. The van der Waals surface area contributed by atoms with E-state index < -0.39 is 0 Å². The molecular weight excluding hydrogens is 337 g/mol. The number of nitrogens with one attached hydrogen (secondary N) is 1. The molecule has 1 aliphatic heterocycles. The number of rotatable bonds is 4. The average Bonchev–Trinajstić information content (AvgIpc) is 3.03. The maximum atomic E-state index is 11.4. The Morgan fingerprint density at radius 3 is 2.35 bits per heavy atom. The van der Waals surface area contributed by atoms with E-state index in [0.29, 0.717) is 5.92 Å². The Kier molecular flexibility index (Phi) is 8.26. The van der Waals surface area contributed by atoms with Gasteiger partial charge in [-0.2, -0.15) is 0 Å². The molecule has 1 N–H and O–H groups in total. The largest absolute Gasteiger partial charge is 0.314 e. The van der Waals surface area contributed by atoms with Gasteiger partial charge in [0, 0.05) is 43.9 Å². The lowest BCUT2D eigenvalue weighted by Gasteiger charge is -2.38. The SMILES string of the molecule is Cl.Cl.O=[N+]([O-])c1ccccc1[C@@H](C1CCCC1)N1CCNCC1. The van der Waals surface area contributed by atoms with E-state index in [1.54, 1.807) is 12.1 Å². The topological polar surface area (TPSA) is 58.4 Å². The molecule has 0 radical (unpaired) electrons. The first kappa shape index (κ1) is 20.2. The fourth-order valence-corrected chi connectivity index (χ4v) is 3.89. The van der Waals surface area contributed by atoms with Crippen molar-refractivity contribution in [2.45, 2.75) is 31.7 Å². The first-order valence-electron chi connectivity index (χ1n) is 7.95. The van der Waals surface area contributed by atoms with Crippen LogP contribution in [0.25, 0.3) is 0 Å². The molecule has 1 atom stereocenters. The number of benzene rings is 1. The van der Waals surface area contributed by atoms with E-state index >= 15 is 0 Å². The van der Waals surface area contributed by atoms with Crippen LogP contribution in [0.3, 0.4) is 0 Å². The van der Waals surface area contributed by atoms with Crippen molar-refractivity contribution in [3.63, 3.8) is 0 Å². The molecule has 7 heteroatoms. The van der Waals surface area contributed by atoms with E-state index in [-0.39, 0.29) is 41.5 Å². The Hall–Kier alpha value is -0.880. The van der Waals surface area contributed by atoms with Crippen LogP contribution in [0.1, 0.15) is 37.3 Å². The van der Waals surface area contributed by atoms with Crippen LogP contribution in [0.4, 0.5) is 5.69 Å². The Morgan fingerprint density at radius 1 is 1.13 bits per heavy atom. The number of nitro groups is 1. The summed E-state index contributed by atoms with van der Waals surface area (Å²) in [5, 5.41) is 14.8. The van der Waals surface area contributed by atoms with E-state index in [4.69, 9.17) is 0 Å². The summed E-state index contributed by atoms with van der Waals surface area (Å²) in [5.41, 5.74) is 1.20. The second-order valence-electron chi connectivity index (χ2n) is 6.09. The molecule has 0 unspecified atom stereocenters. The zero-order chi connectivity index (χ0) is 14.7. The fraction of sp³-hybridized carbons (Fsp3) is 0.625. The molecule has 2 aliphatic rings. The summed E-state index contributed by atoms with van der Waals surface area (Å²) < 4.78 is 0. The molecule has 1 heterocycles. The van der Waals surface area contributed by atoms with Gasteiger partial charge in [0.05, 0.1) is 4.92 Å². The van der Waals surface area contributed by atoms with Gasteiger partial charge < -0.3 is 5.32 Å². The molecule has 2 fully saturated rings. The van der Waals surface area contributed by atoms with Gasteiger partial charge in [-0.1, -0.05) is 31.0 Å². The van der Waals surface area contributed by atoms with Crippen LogP contribution in [0.15, 0.2) is 24.3 Å². The third kappa shape index (κ3) is 4.57. The van der Waals surface area contributed by atoms with Crippen molar-refractivity contribution in [1.82, 2.24) is 10.2 Å². The first-order valence-corrected chi connectivity index (χ1v) is 7.95. The highest BCUT2D eigenvalue weighted by molar-refractivity contribution is 5.85. The molecule has 1 aliphatic carbocycles. The Morgan fingerprint density at radius 2 is 1.74 bits per heavy atom. The van der Waals surface area contributed by atoms with Crippen LogP contribution in [0.2, 0.25) is 0 Å². The summed E-state index contributed by atoms with van der Waals surface area (Å²) in [7, 11) is 0. The quantitative estimate of drug-likeness (QED) is 0.657. The Balaban J connectivity index is 0.00000132. The van der Waals surface area contributed by atoms with Gasteiger partial charge in [-0.3, -0.25) is 15.0 Å². The number of halogens is 2. The zero-order valence-corrected chi connectivity index (χ0v) is 14.8. The second-order valence-corrected chi connectivity index (χ2v) is 6.09. The van der Waals surface area contributed by atoms with Gasteiger partial charge in [0.15, 0.2) is 0 Å². The standard InChI is InChI=1S/C16H23N3O2.2ClH/c20-19(21)15-8-4-3-7-14(15)16(13-5-1-2-6-13)18-11-9-17-10-12-18;;/h3-4,7-8,13,16-17H,1-2,5-6,9-12H2;2*1H/t16-;;/m1../s1. The van der Waals surface area contributed by atoms with Crippen molar-refractivity contribution >= 4 is 30.5 Å². The van der Waals surface area contributed by atoms with Gasteiger partial charge in [0.25, 0.3) is 5.69 Å². The van der Waals surface area contributed by atoms with Gasteiger partial charge in [-0.25, -0.2) is 0 Å². The monoisotopic (exact) mass is 361 g/mol. The summed E-state index contributed by atoms with van der Waals surface area (Å²) in [6, 6.07) is 7.52. The van der Waals surface area contributed by atoms with Crippen LogP contribution < -0.4 is 5.32 Å². The molecule has 1 aromatic rings. The smallest absolute Gasteiger partial charge is 0.274 e. The summed E-state index contributed by atoms with van der Waals surface area (Å²) in [5.74, 6) is 0.559. The first-order chi connectivity index (χ1) is 10.3. The average molecular weight is 362 g/mol. The lowest BCUT2D eigenvalue weighted by atomic mass is 9.89. The number of hydrogen-bond acceptors (Lipinski definition) is 4. The number of piperazine rings is 1. The minimum atomic E-state index is -0.223. The van der Waals surface area contributed by atoms with Crippen LogP contribution >= 0.6 is 24.8 Å². The highest BCUT2D eigenvalue weighted by atomic mass is 35.5. The van der Waals surface area contributed by atoms with Crippen molar-refractivity contribution in [2.75, 3.05) is 26.2 Å². The number of para-hydroxylation sites is 1. The normalized spacial score (nSPS) is 20.3.